The lowest BCUT2D eigenvalue weighted by Gasteiger charge is -2.09. The Morgan fingerprint density at radius 3 is 2.64 bits per heavy atom. The Morgan fingerprint density at radius 2 is 1.94 bits per heavy atom. The third-order valence-corrected chi connectivity index (χ3v) is 5.57. The molecule has 0 spiro atoms. The number of rotatable bonds is 6. The Kier molecular flexibility index (Phi) is 6.11. The molecule has 3 aromatic heterocycles. The van der Waals surface area contributed by atoms with Crippen molar-refractivity contribution >= 4 is 39.9 Å². The number of hydrogen-bond acceptors (Lipinski definition) is 5. The molecule has 4 rings (SSSR count). The van der Waals surface area contributed by atoms with Crippen LogP contribution in [-0.2, 0) is 11.3 Å². The van der Waals surface area contributed by atoms with Crippen LogP contribution in [0.25, 0.3) is 10.9 Å². The third kappa shape index (κ3) is 4.42. The molecule has 9 heteroatoms. The van der Waals surface area contributed by atoms with E-state index in [0.29, 0.717) is 44.4 Å². The minimum absolute atomic E-state index is 0.209. The maximum Gasteiger partial charge on any atom is 0.296 e. The van der Waals surface area contributed by atoms with Gasteiger partial charge in [0.25, 0.3) is 11.7 Å². The Balaban J connectivity index is 1.76. The molecular weight excluding hydrogens is 447 g/mol. The number of pyridine rings is 2. The summed E-state index contributed by atoms with van der Waals surface area (Å²) < 4.78 is 21.3. The van der Waals surface area contributed by atoms with E-state index in [1.165, 1.54) is 31.6 Å². The number of aryl methyl sites for hydroxylation is 1. The van der Waals surface area contributed by atoms with Crippen molar-refractivity contribution in [3.63, 3.8) is 0 Å². The number of methoxy groups -OCH3 is 1. The highest BCUT2D eigenvalue weighted by atomic mass is 35.5. The van der Waals surface area contributed by atoms with Gasteiger partial charge in [-0.1, -0.05) is 11.6 Å². The third-order valence-electron chi connectivity index (χ3n) is 5.35. The van der Waals surface area contributed by atoms with Gasteiger partial charge in [0, 0.05) is 35.2 Å². The maximum atomic E-state index is 14.5. The van der Waals surface area contributed by atoms with E-state index in [2.05, 4.69) is 15.3 Å². The van der Waals surface area contributed by atoms with Crippen LogP contribution in [0.4, 0.5) is 10.1 Å². The highest BCUT2D eigenvalue weighted by molar-refractivity contribution is 6.48. The van der Waals surface area contributed by atoms with E-state index in [0.717, 1.165) is 0 Å². The van der Waals surface area contributed by atoms with E-state index >= 15 is 0 Å². The van der Waals surface area contributed by atoms with Crippen molar-refractivity contribution < 1.29 is 18.7 Å². The molecule has 3 heterocycles. The molecule has 0 saturated heterocycles. The van der Waals surface area contributed by atoms with Gasteiger partial charge in [0.1, 0.15) is 5.82 Å². The molecule has 1 N–H and O–H groups in total. The van der Waals surface area contributed by atoms with E-state index < -0.39 is 17.5 Å². The molecule has 0 aliphatic heterocycles. The van der Waals surface area contributed by atoms with Gasteiger partial charge in [-0.3, -0.25) is 14.6 Å². The lowest BCUT2D eigenvalue weighted by atomic mass is 10.0. The lowest BCUT2D eigenvalue weighted by Crippen LogP contribution is -2.23. The normalized spacial score (nSPS) is 10.9. The van der Waals surface area contributed by atoms with E-state index in [9.17, 15) is 14.0 Å². The number of ketones is 1. The minimum atomic E-state index is -0.822. The fourth-order valence-corrected chi connectivity index (χ4v) is 3.77. The molecule has 0 aliphatic carbocycles. The van der Waals surface area contributed by atoms with Crippen LogP contribution >= 0.6 is 11.6 Å². The molecule has 1 aromatic carbocycles. The van der Waals surface area contributed by atoms with Gasteiger partial charge in [-0.2, -0.15) is 0 Å². The summed E-state index contributed by atoms with van der Waals surface area (Å²) in [5.41, 5.74) is 2.65. The second kappa shape index (κ2) is 8.99. The first-order valence-corrected chi connectivity index (χ1v) is 10.4. The zero-order valence-corrected chi connectivity index (χ0v) is 18.9. The van der Waals surface area contributed by atoms with Crippen molar-refractivity contribution in [3.8, 4) is 5.88 Å². The summed E-state index contributed by atoms with van der Waals surface area (Å²) >= 11 is 5.93. The first-order valence-electron chi connectivity index (χ1n) is 10.0. The molecule has 0 fully saturated rings. The van der Waals surface area contributed by atoms with Crippen molar-refractivity contribution in [2.45, 2.75) is 20.4 Å². The molecule has 0 unspecified atom stereocenters. The maximum absolute atomic E-state index is 14.5. The van der Waals surface area contributed by atoms with Crippen molar-refractivity contribution in [3.05, 3.63) is 82.1 Å². The van der Waals surface area contributed by atoms with Crippen molar-refractivity contribution in [1.82, 2.24) is 14.5 Å². The summed E-state index contributed by atoms with van der Waals surface area (Å²) in [5, 5.41) is 3.57. The van der Waals surface area contributed by atoms with E-state index in [1.54, 1.807) is 42.7 Å². The van der Waals surface area contributed by atoms with Gasteiger partial charge in [0.15, 0.2) is 0 Å². The van der Waals surface area contributed by atoms with Gasteiger partial charge in [-0.05, 0) is 49.7 Å². The number of amides is 1. The van der Waals surface area contributed by atoms with Gasteiger partial charge in [-0.15, -0.1) is 0 Å². The Hall–Kier alpha value is -3.78. The van der Waals surface area contributed by atoms with Gasteiger partial charge in [0.05, 0.1) is 35.5 Å². The predicted octanol–water partition coefficient (Wildman–Crippen LogP) is 4.72. The lowest BCUT2D eigenvalue weighted by molar-refractivity contribution is -0.112. The van der Waals surface area contributed by atoms with Crippen molar-refractivity contribution in [1.29, 1.82) is 0 Å². The van der Waals surface area contributed by atoms with Crippen LogP contribution in [0, 0.1) is 19.7 Å². The summed E-state index contributed by atoms with van der Waals surface area (Å²) in [4.78, 5) is 34.4. The average molecular weight is 467 g/mol. The van der Waals surface area contributed by atoms with Gasteiger partial charge >= 0.3 is 0 Å². The molecule has 33 heavy (non-hydrogen) atoms. The van der Waals surface area contributed by atoms with Crippen LogP contribution in [0.2, 0.25) is 5.02 Å². The second-order valence-corrected chi connectivity index (χ2v) is 7.94. The predicted molar refractivity (Wildman–Crippen MR) is 123 cm³/mol. The zero-order valence-electron chi connectivity index (χ0n) is 18.1. The molecule has 7 nitrogen and oxygen atoms in total. The van der Waals surface area contributed by atoms with Gasteiger partial charge in [-0.25, -0.2) is 9.37 Å². The Bertz CT molecular complexity index is 1380. The number of anilines is 1. The number of ether oxygens (including phenoxy) is 1. The van der Waals surface area contributed by atoms with Crippen LogP contribution < -0.4 is 10.1 Å². The number of nitrogens with zero attached hydrogens (tertiary/aromatic N) is 3. The average Bonchev–Trinajstić information content (AvgIpc) is 3.05. The zero-order chi connectivity index (χ0) is 23.7. The fourth-order valence-electron chi connectivity index (χ4n) is 3.66. The largest absolute Gasteiger partial charge is 0.481 e. The number of halogens is 2. The first-order chi connectivity index (χ1) is 15.8. The van der Waals surface area contributed by atoms with Crippen LogP contribution in [-0.4, -0.2) is 33.3 Å². The molecule has 0 atom stereocenters. The first kappa shape index (κ1) is 22.4. The number of hydrogen-bond donors (Lipinski definition) is 1. The van der Waals surface area contributed by atoms with Crippen LogP contribution in [0.15, 0.2) is 48.8 Å². The number of nitrogens with one attached hydrogen (secondary N) is 1. The smallest absolute Gasteiger partial charge is 0.296 e. The molecule has 4 aromatic rings. The summed E-state index contributed by atoms with van der Waals surface area (Å²) in [6, 6.07) is 9.47. The molecule has 168 valence electrons. The minimum Gasteiger partial charge on any atom is -0.481 e. The number of benzene rings is 1. The quantitative estimate of drug-likeness (QED) is 0.328. The monoisotopic (exact) mass is 466 g/mol. The second-order valence-electron chi connectivity index (χ2n) is 7.50. The van der Waals surface area contributed by atoms with Crippen molar-refractivity contribution in [2.75, 3.05) is 12.4 Å². The van der Waals surface area contributed by atoms with E-state index in [1.807, 2.05) is 0 Å². The summed E-state index contributed by atoms with van der Waals surface area (Å²) in [6.07, 6.45) is 2.98. The number of fused-ring (bicyclic) bond motifs is 1. The van der Waals surface area contributed by atoms with E-state index in [-0.39, 0.29) is 12.1 Å². The summed E-state index contributed by atoms with van der Waals surface area (Å²) in [6.45, 7) is 3.61. The topological polar surface area (TPSA) is 86.1 Å². The SMILES string of the molecule is COc1cc(NC(=O)C(=O)c2c(C)n(Cc3ccc(Cl)cn3)c3cc(F)c(C)cc23)ccn1. The molecule has 1 amide bonds. The van der Waals surface area contributed by atoms with Crippen LogP contribution in [0.5, 0.6) is 5.88 Å². The highest BCUT2D eigenvalue weighted by Crippen LogP contribution is 2.30. The molecule has 0 saturated carbocycles. The molecule has 0 radical (unpaired) electrons. The Labute approximate surface area is 194 Å². The van der Waals surface area contributed by atoms with Crippen LogP contribution in [0.3, 0.4) is 0 Å². The standard InChI is InChI=1S/C24H20ClFN4O3/c1-13-8-18-20(10-19(13)26)30(12-17-5-4-15(25)11-28-17)14(2)22(18)23(31)24(32)29-16-6-7-27-21(9-16)33-3/h4-11H,12H2,1-3H3,(H,27,29,32). The van der Waals surface area contributed by atoms with E-state index in [4.69, 9.17) is 16.3 Å². The summed E-state index contributed by atoms with van der Waals surface area (Å²) in [7, 11) is 1.45. The van der Waals surface area contributed by atoms with Gasteiger partial charge in [0.2, 0.25) is 5.88 Å². The van der Waals surface area contributed by atoms with Crippen molar-refractivity contribution in [2.24, 2.45) is 0 Å². The fraction of sp³-hybridized carbons (Fsp3) is 0.167. The number of carbonyl (C=O) groups is 2. The number of carbonyl (C=O) groups excluding carboxylic acids is 2. The number of Topliss-reactive ketones (excluding diaryl/α,β-unsaturated/α-hetero) is 1. The molecular formula is C24H20ClFN4O3. The molecule has 0 bridgehead atoms. The summed E-state index contributed by atoms with van der Waals surface area (Å²) in [5.74, 6) is -1.66. The van der Waals surface area contributed by atoms with Crippen LogP contribution in [0.1, 0.15) is 27.3 Å². The van der Waals surface area contributed by atoms with Gasteiger partial charge < -0.3 is 14.6 Å². The number of aromatic nitrogens is 3. The highest BCUT2D eigenvalue weighted by Gasteiger charge is 2.26. The molecule has 0 aliphatic rings. The Morgan fingerprint density at radius 1 is 1.15 bits per heavy atom.